The van der Waals surface area contributed by atoms with E-state index in [1.165, 1.54) is 0 Å². The highest BCUT2D eigenvalue weighted by atomic mass is 16.5. The number of nitrogens with one attached hydrogen (secondary N) is 1. The van der Waals surface area contributed by atoms with Gasteiger partial charge in [0, 0.05) is 26.2 Å². The van der Waals surface area contributed by atoms with Gasteiger partial charge in [-0.15, -0.1) is 5.10 Å². The van der Waals surface area contributed by atoms with Crippen molar-refractivity contribution in [1.29, 1.82) is 0 Å². The van der Waals surface area contributed by atoms with Crippen molar-refractivity contribution in [2.45, 2.75) is 13.5 Å². The normalized spacial score (nSPS) is 15.3. The Hall–Kier alpha value is -2.08. The zero-order chi connectivity index (χ0) is 13.8. The van der Waals surface area contributed by atoms with E-state index in [0.717, 1.165) is 37.5 Å². The molecule has 1 aliphatic rings. The molecule has 3 rings (SSSR count). The van der Waals surface area contributed by atoms with Crippen LogP contribution in [0.3, 0.4) is 0 Å². The van der Waals surface area contributed by atoms with Crippen LogP contribution in [0.25, 0.3) is 0 Å². The van der Waals surface area contributed by atoms with Gasteiger partial charge in [-0.2, -0.15) is 0 Å². The zero-order valence-electron chi connectivity index (χ0n) is 11.5. The fourth-order valence-corrected chi connectivity index (χ4v) is 2.14. The smallest absolute Gasteiger partial charge is 0.318 e. The minimum atomic E-state index is 0.296. The molecule has 0 atom stereocenters. The molecule has 0 spiro atoms. The number of aryl methyl sites for hydroxylation is 1. The van der Waals surface area contributed by atoms with Gasteiger partial charge < -0.3 is 19.4 Å². The second kappa shape index (κ2) is 5.92. The predicted molar refractivity (Wildman–Crippen MR) is 74.9 cm³/mol. The lowest BCUT2D eigenvalue weighted by Gasteiger charge is -2.24. The predicted octanol–water partition coefficient (Wildman–Crippen LogP) is 1.37. The molecule has 1 N–H and O–H groups in total. The molecule has 20 heavy (non-hydrogen) atoms. The van der Waals surface area contributed by atoms with Crippen LogP contribution in [-0.4, -0.2) is 36.4 Å². The van der Waals surface area contributed by atoms with Gasteiger partial charge in [0.15, 0.2) is 6.61 Å². The van der Waals surface area contributed by atoms with Crippen molar-refractivity contribution in [1.82, 2.24) is 15.5 Å². The number of hydrogen-bond donors (Lipinski definition) is 1. The van der Waals surface area contributed by atoms with E-state index in [2.05, 4.69) is 20.4 Å². The summed E-state index contributed by atoms with van der Waals surface area (Å²) < 4.78 is 11.3. The number of benzene rings is 1. The Balaban J connectivity index is 1.61. The second-order valence-electron chi connectivity index (χ2n) is 4.77. The molecule has 106 valence electrons. The number of rotatable bonds is 4. The third-order valence-electron chi connectivity index (χ3n) is 3.29. The van der Waals surface area contributed by atoms with Crippen LogP contribution in [0, 0.1) is 6.92 Å². The summed E-state index contributed by atoms with van der Waals surface area (Å²) in [6, 6.07) is 8.45. The molecule has 2 heterocycles. The third-order valence-corrected chi connectivity index (χ3v) is 3.29. The minimum Gasteiger partial charge on any atom is -0.484 e. The summed E-state index contributed by atoms with van der Waals surface area (Å²) in [6.07, 6.45) is 0. The van der Waals surface area contributed by atoms with Gasteiger partial charge in [-0.3, -0.25) is 0 Å². The van der Waals surface area contributed by atoms with Crippen LogP contribution in [-0.2, 0) is 6.61 Å². The molecule has 0 aliphatic carbocycles. The van der Waals surface area contributed by atoms with Crippen molar-refractivity contribution in [3.05, 3.63) is 35.7 Å². The summed E-state index contributed by atoms with van der Waals surface area (Å²) in [5.74, 6) is 1.34. The Labute approximate surface area is 117 Å². The van der Waals surface area contributed by atoms with Crippen LogP contribution in [0.1, 0.15) is 11.5 Å². The Kier molecular flexibility index (Phi) is 3.83. The summed E-state index contributed by atoms with van der Waals surface area (Å²) in [4.78, 5) is 2.08. The van der Waals surface area contributed by atoms with E-state index in [1.807, 2.05) is 31.2 Å². The van der Waals surface area contributed by atoms with Gasteiger partial charge in [0.05, 0.1) is 0 Å². The first-order valence-electron chi connectivity index (χ1n) is 6.79. The van der Waals surface area contributed by atoms with Gasteiger partial charge >= 0.3 is 6.01 Å². The molecule has 1 aliphatic heterocycles. The SMILES string of the molecule is Cc1ccccc1OCc1nnc(N2CCNCC2)o1. The van der Waals surface area contributed by atoms with Crippen LogP contribution >= 0.6 is 0 Å². The first-order valence-corrected chi connectivity index (χ1v) is 6.79. The van der Waals surface area contributed by atoms with Crippen molar-refractivity contribution in [3.8, 4) is 5.75 Å². The summed E-state index contributed by atoms with van der Waals surface area (Å²) >= 11 is 0. The molecule has 0 saturated carbocycles. The molecule has 0 amide bonds. The number of nitrogens with zero attached hydrogens (tertiary/aromatic N) is 3. The highest BCUT2D eigenvalue weighted by molar-refractivity contribution is 5.31. The molecule has 6 nitrogen and oxygen atoms in total. The van der Waals surface area contributed by atoms with Crippen LogP contribution in [0.4, 0.5) is 6.01 Å². The van der Waals surface area contributed by atoms with E-state index in [0.29, 0.717) is 18.5 Å². The van der Waals surface area contributed by atoms with E-state index < -0.39 is 0 Å². The lowest BCUT2D eigenvalue weighted by molar-refractivity contribution is 0.261. The fraction of sp³-hybridized carbons (Fsp3) is 0.429. The lowest BCUT2D eigenvalue weighted by atomic mass is 10.2. The van der Waals surface area contributed by atoms with E-state index in [1.54, 1.807) is 0 Å². The zero-order valence-corrected chi connectivity index (χ0v) is 11.5. The quantitative estimate of drug-likeness (QED) is 0.908. The summed E-state index contributed by atoms with van der Waals surface area (Å²) in [5.41, 5.74) is 1.09. The summed E-state index contributed by atoms with van der Waals surface area (Å²) in [5, 5.41) is 11.4. The fourth-order valence-electron chi connectivity index (χ4n) is 2.14. The van der Waals surface area contributed by atoms with Crippen molar-refractivity contribution in [2.75, 3.05) is 31.1 Å². The van der Waals surface area contributed by atoms with Crippen molar-refractivity contribution < 1.29 is 9.15 Å². The molecule has 1 aromatic heterocycles. The van der Waals surface area contributed by atoms with Crippen LogP contribution in [0.5, 0.6) is 5.75 Å². The number of piperazine rings is 1. The Bertz CT molecular complexity index is 564. The van der Waals surface area contributed by atoms with Crippen molar-refractivity contribution in [3.63, 3.8) is 0 Å². The third kappa shape index (κ3) is 2.91. The maximum atomic E-state index is 5.70. The number of aromatic nitrogens is 2. The first-order chi connectivity index (χ1) is 9.83. The molecule has 0 unspecified atom stereocenters. The average molecular weight is 274 g/mol. The van der Waals surface area contributed by atoms with Gasteiger partial charge in [-0.25, -0.2) is 0 Å². The highest BCUT2D eigenvalue weighted by Crippen LogP contribution is 2.19. The molecule has 0 radical (unpaired) electrons. The van der Waals surface area contributed by atoms with Crippen LogP contribution < -0.4 is 15.0 Å². The molecule has 6 heteroatoms. The number of para-hydroxylation sites is 1. The Morgan fingerprint density at radius 3 is 2.85 bits per heavy atom. The lowest BCUT2D eigenvalue weighted by Crippen LogP contribution is -2.43. The average Bonchev–Trinajstić information content (AvgIpc) is 2.96. The van der Waals surface area contributed by atoms with Gasteiger partial charge in [-0.05, 0) is 18.6 Å². The monoisotopic (exact) mass is 274 g/mol. The maximum Gasteiger partial charge on any atom is 0.318 e. The van der Waals surface area contributed by atoms with Crippen molar-refractivity contribution in [2.24, 2.45) is 0 Å². The molecule has 1 saturated heterocycles. The molecule has 1 fully saturated rings. The Morgan fingerprint density at radius 2 is 2.05 bits per heavy atom. The van der Waals surface area contributed by atoms with Gasteiger partial charge in [0.25, 0.3) is 5.89 Å². The van der Waals surface area contributed by atoms with E-state index in [-0.39, 0.29) is 0 Å². The largest absolute Gasteiger partial charge is 0.484 e. The topological polar surface area (TPSA) is 63.4 Å². The molecule has 2 aromatic rings. The Morgan fingerprint density at radius 1 is 1.25 bits per heavy atom. The maximum absolute atomic E-state index is 5.70. The number of anilines is 1. The van der Waals surface area contributed by atoms with E-state index in [4.69, 9.17) is 9.15 Å². The molecular formula is C14H18N4O2. The molecular weight excluding hydrogens is 256 g/mol. The van der Waals surface area contributed by atoms with Crippen LogP contribution in [0.15, 0.2) is 28.7 Å². The molecule has 1 aromatic carbocycles. The van der Waals surface area contributed by atoms with E-state index >= 15 is 0 Å². The van der Waals surface area contributed by atoms with Gasteiger partial charge in [0.1, 0.15) is 5.75 Å². The second-order valence-corrected chi connectivity index (χ2v) is 4.77. The number of hydrogen-bond acceptors (Lipinski definition) is 6. The standard InChI is InChI=1S/C14H18N4O2/c1-11-4-2-3-5-12(11)19-10-13-16-17-14(20-13)18-8-6-15-7-9-18/h2-5,15H,6-10H2,1H3. The number of ether oxygens (including phenoxy) is 1. The molecule has 0 bridgehead atoms. The minimum absolute atomic E-state index is 0.296. The van der Waals surface area contributed by atoms with E-state index in [9.17, 15) is 0 Å². The first kappa shape index (κ1) is 12.9. The highest BCUT2D eigenvalue weighted by Gasteiger charge is 2.16. The van der Waals surface area contributed by atoms with Gasteiger partial charge in [-0.1, -0.05) is 23.3 Å². The van der Waals surface area contributed by atoms with Crippen molar-refractivity contribution >= 4 is 6.01 Å². The van der Waals surface area contributed by atoms with Crippen LogP contribution in [0.2, 0.25) is 0 Å². The summed E-state index contributed by atoms with van der Waals surface area (Å²) in [6.45, 7) is 5.97. The summed E-state index contributed by atoms with van der Waals surface area (Å²) in [7, 11) is 0. The van der Waals surface area contributed by atoms with Gasteiger partial charge in [0.2, 0.25) is 0 Å².